The summed E-state index contributed by atoms with van der Waals surface area (Å²) in [4.78, 5) is 8.89. The van der Waals surface area contributed by atoms with Crippen LogP contribution in [0.2, 0.25) is 0 Å². The van der Waals surface area contributed by atoms with Gasteiger partial charge in [-0.1, -0.05) is 12.1 Å². The molecule has 2 aromatic carbocycles. The minimum atomic E-state index is 0.490. The zero-order valence-electron chi connectivity index (χ0n) is 17.7. The van der Waals surface area contributed by atoms with E-state index in [4.69, 9.17) is 18.3 Å². The molecule has 0 aliphatic rings. The van der Waals surface area contributed by atoms with Crippen molar-refractivity contribution in [2.75, 3.05) is 19.5 Å². The van der Waals surface area contributed by atoms with E-state index >= 15 is 0 Å². The van der Waals surface area contributed by atoms with Crippen molar-refractivity contribution in [2.24, 2.45) is 0 Å². The van der Waals surface area contributed by atoms with Crippen molar-refractivity contribution in [1.82, 2.24) is 9.97 Å². The summed E-state index contributed by atoms with van der Waals surface area (Å²) in [5, 5.41) is 4.16. The Morgan fingerprint density at radius 3 is 2.16 bits per heavy atom. The van der Waals surface area contributed by atoms with E-state index in [2.05, 4.69) is 15.3 Å². The van der Waals surface area contributed by atoms with Gasteiger partial charge in [0.05, 0.1) is 32.4 Å². The van der Waals surface area contributed by atoms with E-state index in [1.165, 1.54) is 6.33 Å². The highest BCUT2D eigenvalue weighted by molar-refractivity contribution is 6.05. The van der Waals surface area contributed by atoms with E-state index in [-0.39, 0.29) is 0 Å². The van der Waals surface area contributed by atoms with Crippen LogP contribution in [0.5, 0.6) is 11.5 Å². The molecule has 5 rings (SSSR count). The van der Waals surface area contributed by atoms with Crippen molar-refractivity contribution in [3.8, 4) is 33.9 Å². The van der Waals surface area contributed by atoms with Crippen molar-refractivity contribution in [2.45, 2.75) is 6.54 Å². The molecule has 0 unspecified atom stereocenters. The highest BCUT2D eigenvalue weighted by Crippen LogP contribution is 2.43. The summed E-state index contributed by atoms with van der Waals surface area (Å²) in [7, 11) is 3.29. The lowest BCUT2D eigenvalue weighted by Gasteiger charge is -2.09. The van der Waals surface area contributed by atoms with Crippen molar-refractivity contribution >= 4 is 16.9 Å². The predicted octanol–water partition coefficient (Wildman–Crippen LogP) is 5.78. The molecule has 0 radical (unpaired) electrons. The van der Waals surface area contributed by atoms with E-state index in [9.17, 15) is 0 Å². The number of anilines is 1. The summed E-state index contributed by atoms with van der Waals surface area (Å²) >= 11 is 0. The smallest absolute Gasteiger partial charge is 0.232 e. The molecule has 32 heavy (non-hydrogen) atoms. The molecule has 7 nitrogen and oxygen atoms in total. The van der Waals surface area contributed by atoms with E-state index in [0.717, 1.165) is 39.3 Å². The van der Waals surface area contributed by atoms with Crippen LogP contribution in [0.4, 0.5) is 5.82 Å². The van der Waals surface area contributed by atoms with Gasteiger partial charge in [-0.15, -0.1) is 0 Å². The lowest BCUT2D eigenvalue weighted by atomic mass is 9.99. The van der Waals surface area contributed by atoms with Crippen LogP contribution in [0.15, 0.2) is 82.1 Å². The van der Waals surface area contributed by atoms with Gasteiger partial charge in [0.15, 0.2) is 0 Å². The number of methoxy groups -OCH3 is 2. The Morgan fingerprint density at radius 1 is 0.844 bits per heavy atom. The maximum Gasteiger partial charge on any atom is 0.232 e. The van der Waals surface area contributed by atoms with Crippen LogP contribution in [0.3, 0.4) is 0 Å². The number of nitrogens with zero attached hydrogens (tertiary/aromatic N) is 2. The van der Waals surface area contributed by atoms with Crippen LogP contribution in [0.1, 0.15) is 5.76 Å². The highest BCUT2D eigenvalue weighted by Gasteiger charge is 2.22. The zero-order valence-corrected chi connectivity index (χ0v) is 17.7. The third kappa shape index (κ3) is 3.65. The Balaban J connectivity index is 1.68. The second kappa shape index (κ2) is 8.47. The zero-order chi connectivity index (χ0) is 21.9. The number of hydrogen-bond donors (Lipinski definition) is 1. The first-order valence-corrected chi connectivity index (χ1v) is 10.1. The normalized spacial score (nSPS) is 10.9. The molecule has 0 aliphatic heterocycles. The molecular weight excluding hydrogens is 406 g/mol. The van der Waals surface area contributed by atoms with Crippen molar-refractivity contribution in [3.63, 3.8) is 0 Å². The van der Waals surface area contributed by atoms with E-state index in [1.54, 1.807) is 20.5 Å². The quantitative estimate of drug-likeness (QED) is 0.352. The number of fused-ring (bicyclic) bond motifs is 1. The minimum Gasteiger partial charge on any atom is -0.497 e. The van der Waals surface area contributed by atoms with Gasteiger partial charge in [0, 0.05) is 11.1 Å². The van der Waals surface area contributed by atoms with E-state index in [0.29, 0.717) is 23.8 Å². The monoisotopic (exact) mass is 427 g/mol. The first kappa shape index (κ1) is 19.7. The van der Waals surface area contributed by atoms with Gasteiger partial charge in [-0.3, -0.25) is 0 Å². The fourth-order valence-electron chi connectivity index (χ4n) is 3.63. The van der Waals surface area contributed by atoms with Gasteiger partial charge in [-0.2, -0.15) is 0 Å². The van der Waals surface area contributed by atoms with Crippen LogP contribution >= 0.6 is 0 Å². The third-order valence-corrected chi connectivity index (χ3v) is 5.23. The fraction of sp³-hybridized carbons (Fsp3) is 0.120. The number of aromatic nitrogens is 2. The summed E-state index contributed by atoms with van der Waals surface area (Å²) in [6, 6.07) is 19.4. The molecule has 0 bridgehead atoms. The predicted molar refractivity (Wildman–Crippen MR) is 122 cm³/mol. The summed E-state index contributed by atoms with van der Waals surface area (Å²) < 4.78 is 22.3. The summed E-state index contributed by atoms with van der Waals surface area (Å²) in [6.45, 7) is 0.490. The summed E-state index contributed by atoms with van der Waals surface area (Å²) in [5.41, 5.74) is 3.27. The summed E-state index contributed by atoms with van der Waals surface area (Å²) in [5.74, 6) is 3.73. The summed E-state index contributed by atoms with van der Waals surface area (Å²) in [6.07, 6.45) is 3.14. The molecule has 5 aromatic rings. The molecule has 3 aromatic heterocycles. The molecule has 7 heteroatoms. The van der Waals surface area contributed by atoms with Crippen LogP contribution < -0.4 is 14.8 Å². The second-order valence-corrected chi connectivity index (χ2v) is 7.10. The molecule has 0 atom stereocenters. The van der Waals surface area contributed by atoms with Gasteiger partial charge >= 0.3 is 0 Å². The average molecular weight is 427 g/mol. The maximum absolute atomic E-state index is 6.26. The lowest BCUT2D eigenvalue weighted by Crippen LogP contribution is -2.01. The second-order valence-electron chi connectivity index (χ2n) is 7.10. The third-order valence-electron chi connectivity index (χ3n) is 5.23. The van der Waals surface area contributed by atoms with Crippen LogP contribution in [-0.2, 0) is 6.54 Å². The van der Waals surface area contributed by atoms with Crippen LogP contribution in [0.25, 0.3) is 33.6 Å². The van der Waals surface area contributed by atoms with Crippen molar-refractivity contribution < 1.29 is 18.3 Å². The number of ether oxygens (including phenoxy) is 2. The molecule has 160 valence electrons. The number of benzene rings is 2. The van der Waals surface area contributed by atoms with E-state index in [1.807, 2.05) is 60.7 Å². The SMILES string of the molecule is COc1ccc(-c2oc3ncnc(NCc4ccco4)c3c2-c2ccc(OC)cc2)cc1. The first-order valence-electron chi connectivity index (χ1n) is 10.1. The van der Waals surface area contributed by atoms with Crippen molar-refractivity contribution in [1.29, 1.82) is 0 Å². The molecule has 0 fully saturated rings. The number of rotatable bonds is 7. The van der Waals surface area contributed by atoms with Gasteiger partial charge in [0.2, 0.25) is 5.71 Å². The van der Waals surface area contributed by atoms with Crippen LogP contribution in [0, 0.1) is 0 Å². The molecule has 1 N–H and O–H groups in total. The first-order chi connectivity index (χ1) is 15.8. The maximum atomic E-state index is 6.26. The minimum absolute atomic E-state index is 0.490. The highest BCUT2D eigenvalue weighted by atomic mass is 16.5. The molecule has 0 saturated carbocycles. The molecule has 0 aliphatic carbocycles. The van der Waals surface area contributed by atoms with Crippen LogP contribution in [-0.4, -0.2) is 24.2 Å². The number of nitrogens with one attached hydrogen (secondary N) is 1. The van der Waals surface area contributed by atoms with Gasteiger partial charge in [0.1, 0.15) is 35.2 Å². The molecule has 3 heterocycles. The number of furan rings is 2. The molecule has 0 saturated heterocycles. The Bertz CT molecular complexity index is 1320. The molecular formula is C25H21N3O4. The Hall–Kier alpha value is -4.26. The standard InChI is InChI=1S/C25H21N3O4/c1-29-18-9-5-16(6-10-18)21-22-24(26-14-20-4-3-13-31-20)27-15-28-25(22)32-23(21)17-7-11-19(30-2)12-8-17/h3-13,15H,14H2,1-2H3,(H,26,27,28). The van der Waals surface area contributed by atoms with Gasteiger partial charge in [0.25, 0.3) is 0 Å². The van der Waals surface area contributed by atoms with Gasteiger partial charge in [-0.25, -0.2) is 9.97 Å². The largest absolute Gasteiger partial charge is 0.497 e. The Labute approximate surface area is 184 Å². The average Bonchev–Trinajstić information content (AvgIpc) is 3.51. The lowest BCUT2D eigenvalue weighted by molar-refractivity contribution is 0.414. The molecule has 0 amide bonds. The topological polar surface area (TPSA) is 82.6 Å². The van der Waals surface area contributed by atoms with E-state index < -0.39 is 0 Å². The van der Waals surface area contributed by atoms with Crippen molar-refractivity contribution in [3.05, 3.63) is 79.0 Å². The van der Waals surface area contributed by atoms with Gasteiger partial charge in [-0.05, 0) is 54.1 Å². The fourth-order valence-corrected chi connectivity index (χ4v) is 3.63. The number of hydrogen-bond acceptors (Lipinski definition) is 7. The Morgan fingerprint density at radius 2 is 1.53 bits per heavy atom. The Kier molecular flexibility index (Phi) is 5.21. The molecule has 0 spiro atoms. The van der Waals surface area contributed by atoms with Gasteiger partial charge < -0.3 is 23.6 Å².